The summed E-state index contributed by atoms with van der Waals surface area (Å²) in [6.07, 6.45) is -1.47. The summed E-state index contributed by atoms with van der Waals surface area (Å²) in [4.78, 5) is 3.31. The maximum absolute atomic E-state index is 12.6. The number of hydrogen-bond donors (Lipinski definition) is 2. The molecule has 4 nitrogen and oxygen atoms in total. The number of rotatable bonds is 4. The Morgan fingerprint density at radius 3 is 2.90 bits per heavy atom. The summed E-state index contributed by atoms with van der Waals surface area (Å²) in [6.45, 7) is 3.28. The van der Waals surface area contributed by atoms with Crippen molar-refractivity contribution in [2.75, 3.05) is 24.2 Å². The lowest BCUT2D eigenvalue weighted by Crippen LogP contribution is -2.23. The van der Waals surface area contributed by atoms with Gasteiger partial charge in [0.2, 0.25) is 0 Å². The summed E-state index contributed by atoms with van der Waals surface area (Å²) in [5.41, 5.74) is 5.21. The first kappa shape index (κ1) is 14.9. The molecule has 0 radical (unpaired) electrons. The van der Waals surface area contributed by atoms with Gasteiger partial charge >= 0.3 is 6.18 Å². The highest BCUT2D eigenvalue weighted by molar-refractivity contribution is 5.65. The molecule has 1 aliphatic heterocycles. The molecule has 0 amide bonds. The zero-order valence-corrected chi connectivity index (χ0v) is 11.2. The van der Waals surface area contributed by atoms with Crippen molar-refractivity contribution in [2.24, 2.45) is 5.92 Å². The number of ether oxygens (including phenoxy) is 1. The van der Waals surface area contributed by atoms with E-state index in [1.165, 1.54) is 0 Å². The summed E-state index contributed by atoms with van der Waals surface area (Å²) >= 11 is 0. The standard InChI is InChI=1S/C13H18F3N3O/c1-2-11-8(3-4-20-11)6-18-10-5-12(13(14,15)16)19-7-9(10)17/h5,7-8,11H,2-4,6,17H2,1H3,(H,18,19). The lowest BCUT2D eigenvalue weighted by Gasteiger charge is -2.19. The van der Waals surface area contributed by atoms with Crippen molar-refractivity contribution >= 4 is 11.4 Å². The van der Waals surface area contributed by atoms with Gasteiger partial charge in [0.25, 0.3) is 0 Å². The summed E-state index contributed by atoms with van der Waals surface area (Å²) in [7, 11) is 0. The fraction of sp³-hybridized carbons (Fsp3) is 0.615. The summed E-state index contributed by atoms with van der Waals surface area (Å²) in [5, 5.41) is 2.99. The smallest absolute Gasteiger partial charge is 0.396 e. The van der Waals surface area contributed by atoms with E-state index in [0.717, 1.165) is 25.1 Å². The molecule has 1 aromatic rings. The van der Waals surface area contributed by atoms with Crippen LogP contribution in [-0.2, 0) is 10.9 Å². The third-order valence-electron chi connectivity index (χ3n) is 3.53. The Kier molecular flexibility index (Phi) is 4.37. The van der Waals surface area contributed by atoms with Crippen LogP contribution in [0.5, 0.6) is 0 Å². The fourth-order valence-electron chi connectivity index (χ4n) is 2.39. The van der Waals surface area contributed by atoms with Gasteiger partial charge in [0.15, 0.2) is 0 Å². The Hall–Kier alpha value is -1.50. The molecule has 0 saturated carbocycles. The van der Waals surface area contributed by atoms with Crippen LogP contribution >= 0.6 is 0 Å². The predicted octanol–water partition coefficient (Wildman–Crippen LogP) is 2.91. The molecule has 20 heavy (non-hydrogen) atoms. The van der Waals surface area contributed by atoms with Crippen molar-refractivity contribution in [2.45, 2.75) is 32.0 Å². The Morgan fingerprint density at radius 1 is 1.50 bits per heavy atom. The van der Waals surface area contributed by atoms with Crippen LogP contribution in [0.25, 0.3) is 0 Å². The highest BCUT2D eigenvalue weighted by atomic mass is 19.4. The van der Waals surface area contributed by atoms with E-state index in [0.29, 0.717) is 19.1 Å². The minimum absolute atomic E-state index is 0.160. The van der Waals surface area contributed by atoms with E-state index >= 15 is 0 Å². The van der Waals surface area contributed by atoms with E-state index in [-0.39, 0.29) is 17.5 Å². The van der Waals surface area contributed by atoms with E-state index in [1.54, 1.807) is 0 Å². The molecule has 0 spiro atoms. The fourth-order valence-corrected chi connectivity index (χ4v) is 2.39. The molecule has 0 bridgehead atoms. The zero-order chi connectivity index (χ0) is 14.8. The van der Waals surface area contributed by atoms with E-state index < -0.39 is 11.9 Å². The third kappa shape index (κ3) is 3.33. The second-order valence-corrected chi connectivity index (χ2v) is 4.90. The quantitative estimate of drug-likeness (QED) is 0.894. The number of halogens is 3. The van der Waals surface area contributed by atoms with Crippen molar-refractivity contribution in [3.63, 3.8) is 0 Å². The monoisotopic (exact) mass is 289 g/mol. The molecule has 2 heterocycles. The van der Waals surface area contributed by atoms with E-state index in [9.17, 15) is 13.2 Å². The zero-order valence-electron chi connectivity index (χ0n) is 11.2. The highest BCUT2D eigenvalue weighted by Gasteiger charge is 2.33. The summed E-state index contributed by atoms with van der Waals surface area (Å²) < 4.78 is 43.4. The number of nitrogens with zero attached hydrogens (tertiary/aromatic N) is 1. The van der Waals surface area contributed by atoms with Crippen molar-refractivity contribution in [3.05, 3.63) is 18.0 Å². The van der Waals surface area contributed by atoms with Crippen molar-refractivity contribution < 1.29 is 17.9 Å². The molecule has 2 unspecified atom stereocenters. The average Bonchev–Trinajstić information content (AvgIpc) is 2.83. The molecule has 1 fully saturated rings. The highest BCUT2D eigenvalue weighted by Crippen LogP contribution is 2.31. The molecule has 0 aliphatic carbocycles. The first-order chi connectivity index (χ1) is 9.41. The number of nitrogen functional groups attached to an aromatic ring is 1. The van der Waals surface area contributed by atoms with Crippen LogP contribution in [0.3, 0.4) is 0 Å². The van der Waals surface area contributed by atoms with Crippen LogP contribution < -0.4 is 11.1 Å². The van der Waals surface area contributed by atoms with Crippen LogP contribution in [0.4, 0.5) is 24.5 Å². The lowest BCUT2D eigenvalue weighted by atomic mass is 9.99. The molecular weight excluding hydrogens is 271 g/mol. The second kappa shape index (κ2) is 5.87. The second-order valence-electron chi connectivity index (χ2n) is 4.90. The number of pyridine rings is 1. The Bertz CT molecular complexity index is 465. The molecule has 7 heteroatoms. The molecule has 2 rings (SSSR count). The Morgan fingerprint density at radius 2 is 2.25 bits per heavy atom. The molecule has 112 valence electrons. The maximum Gasteiger partial charge on any atom is 0.433 e. The summed E-state index contributed by atoms with van der Waals surface area (Å²) in [6, 6.07) is 0.950. The molecule has 1 aromatic heterocycles. The number of hydrogen-bond acceptors (Lipinski definition) is 4. The minimum Gasteiger partial charge on any atom is -0.396 e. The van der Waals surface area contributed by atoms with Gasteiger partial charge in [-0.2, -0.15) is 13.2 Å². The van der Waals surface area contributed by atoms with Gasteiger partial charge < -0.3 is 15.8 Å². The molecule has 1 aliphatic rings. The molecule has 0 aromatic carbocycles. The van der Waals surface area contributed by atoms with Crippen molar-refractivity contribution in [1.29, 1.82) is 0 Å². The van der Waals surface area contributed by atoms with E-state index in [4.69, 9.17) is 10.5 Å². The van der Waals surface area contributed by atoms with Gasteiger partial charge in [-0.05, 0) is 18.9 Å². The number of alkyl halides is 3. The van der Waals surface area contributed by atoms with Gasteiger partial charge in [0.05, 0.1) is 23.7 Å². The molecule has 2 atom stereocenters. The maximum atomic E-state index is 12.6. The van der Waals surface area contributed by atoms with Crippen LogP contribution in [-0.4, -0.2) is 24.2 Å². The number of nitrogens with two attached hydrogens (primary N) is 1. The predicted molar refractivity (Wildman–Crippen MR) is 70.3 cm³/mol. The van der Waals surface area contributed by atoms with E-state index in [2.05, 4.69) is 10.3 Å². The van der Waals surface area contributed by atoms with Gasteiger partial charge in [-0.3, -0.25) is 0 Å². The van der Waals surface area contributed by atoms with Gasteiger partial charge in [-0.25, -0.2) is 4.98 Å². The van der Waals surface area contributed by atoms with Crippen LogP contribution in [0, 0.1) is 5.92 Å². The average molecular weight is 289 g/mol. The summed E-state index contributed by atoms with van der Waals surface area (Å²) in [5.74, 6) is 0.293. The van der Waals surface area contributed by atoms with Crippen LogP contribution in [0.15, 0.2) is 12.3 Å². The van der Waals surface area contributed by atoms with Gasteiger partial charge in [-0.15, -0.1) is 0 Å². The Labute approximate surface area is 115 Å². The minimum atomic E-state index is -4.47. The largest absolute Gasteiger partial charge is 0.433 e. The SMILES string of the molecule is CCC1OCCC1CNc1cc(C(F)(F)F)ncc1N. The number of anilines is 2. The number of aromatic nitrogens is 1. The lowest BCUT2D eigenvalue weighted by molar-refractivity contribution is -0.141. The topological polar surface area (TPSA) is 60.2 Å². The first-order valence-corrected chi connectivity index (χ1v) is 6.60. The van der Waals surface area contributed by atoms with Gasteiger partial charge in [0, 0.05) is 19.1 Å². The van der Waals surface area contributed by atoms with Gasteiger partial charge in [0.1, 0.15) is 5.69 Å². The van der Waals surface area contributed by atoms with Crippen molar-refractivity contribution in [1.82, 2.24) is 4.98 Å². The van der Waals surface area contributed by atoms with Crippen LogP contribution in [0.1, 0.15) is 25.5 Å². The third-order valence-corrected chi connectivity index (χ3v) is 3.53. The molecule has 1 saturated heterocycles. The first-order valence-electron chi connectivity index (χ1n) is 6.60. The molecule has 3 N–H and O–H groups in total. The van der Waals surface area contributed by atoms with Crippen molar-refractivity contribution in [3.8, 4) is 0 Å². The normalized spacial score (nSPS) is 23.0. The number of nitrogens with one attached hydrogen (secondary N) is 1. The van der Waals surface area contributed by atoms with Crippen LogP contribution in [0.2, 0.25) is 0 Å². The van der Waals surface area contributed by atoms with Gasteiger partial charge in [-0.1, -0.05) is 6.92 Å². The van der Waals surface area contributed by atoms with E-state index in [1.807, 2.05) is 6.92 Å². The molecular formula is C13H18F3N3O. The Balaban J connectivity index is 2.05.